The minimum atomic E-state index is -0.232. The number of nitrogens with zero attached hydrogens (tertiary/aromatic N) is 3. The molecular formula is C17H22N4OS. The molecule has 1 saturated heterocycles. The van der Waals surface area contributed by atoms with Crippen LogP contribution in [0.3, 0.4) is 0 Å². The summed E-state index contributed by atoms with van der Waals surface area (Å²) < 4.78 is 4.40. The molecule has 1 N–H and O–H groups in total. The normalized spacial score (nSPS) is 19.0. The summed E-state index contributed by atoms with van der Waals surface area (Å²) in [5, 5.41) is 4.00. The number of anilines is 2. The van der Waals surface area contributed by atoms with Gasteiger partial charge in [-0.2, -0.15) is 4.37 Å². The molecule has 2 aromatic rings. The molecule has 1 fully saturated rings. The van der Waals surface area contributed by atoms with Crippen LogP contribution in [0.15, 0.2) is 30.3 Å². The van der Waals surface area contributed by atoms with Crippen molar-refractivity contribution in [2.45, 2.75) is 45.1 Å². The molecule has 0 aliphatic carbocycles. The molecule has 122 valence electrons. The molecule has 5 nitrogen and oxygen atoms in total. The van der Waals surface area contributed by atoms with Gasteiger partial charge in [-0.3, -0.25) is 4.79 Å². The summed E-state index contributed by atoms with van der Waals surface area (Å²) in [6.07, 6.45) is 1.80. The van der Waals surface area contributed by atoms with E-state index >= 15 is 0 Å². The van der Waals surface area contributed by atoms with Gasteiger partial charge >= 0.3 is 0 Å². The van der Waals surface area contributed by atoms with Gasteiger partial charge in [-0.1, -0.05) is 39.0 Å². The van der Waals surface area contributed by atoms with Crippen LogP contribution in [0, 0.1) is 0 Å². The smallest absolute Gasteiger partial charge is 0.249 e. The maximum absolute atomic E-state index is 12.8. The third-order valence-corrected chi connectivity index (χ3v) is 4.55. The van der Waals surface area contributed by atoms with Gasteiger partial charge in [-0.15, -0.1) is 0 Å². The maximum Gasteiger partial charge on any atom is 0.249 e. The van der Waals surface area contributed by atoms with Gasteiger partial charge in [0, 0.05) is 29.2 Å². The number of nitrogens with one attached hydrogen (secondary N) is 1. The quantitative estimate of drug-likeness (QED) is 0.936. The molecule has 1 aliphatic rings. The fourth-order valence-electron chi connectivity index (χ4n) is 2.61. The van der Waals surface area contributed by atoms with Crippen LogP contribution >= 0.6 is 11.5 Å². The van der Waals surface area contributed by atoms with E-state index in [1.165, 1.54) is 11.5 Å². The second kappa shape index (κ2) is 6.28. The molecule has 0 radical (unpaired) electrons. The van der Waals surface area contributed by atoms with Crippen LogP contribution in [-0.4, -0.2) is 27.9 Å². The van der Waals surface area contributed by atoms with Crippen molar-refractivity contribution in [2.75, 3.05) is 16.8 Å². The molecule has 1 unspecified atom stereocenters. The van der Waals surface area contributed by atoms with Crippen molar-refractivity contribution in [1.82, 2.24) is 9.36 Å². The van der Waals surface area contributed by atoms with Crippen molar-refractivity contribution in [2.24, 2.45) is 0 Å². The number of hydrogen-bond donors (Lipinski definition) is 1. The summed E-state index contributed by atoms with van der Waals surface area (Å²) in [6, 6.07) is 9.60. The summed E-state index contributed by atoms with van der Waals surface area (Å²) in [7, 11) is 0. The topological polar surface area (TPSA) is 58.1 Å². The molecule has 1 aromatic carbocycles. The maximum atomic E-state index is 12.8. The van der Waals surface area contributed by atoms with Crippen molar-refractivity contribution >= 4 is 28.3 Å². The SMILES string of the molecule is CC(C)(C)c1nsc(NC2CCCN(c3ccccc3)C2=O)n1. The highest BCUT2D eigenvalue weighted by molar-refractivity contribution is 7.09. The van der Waals surface area contributed by atoms with E-state index in [4.69, 9.17) is 0 Å². The first-order valence-electron chi connectivity index (χ1n) is 7.92. The van der Waals surface area contributed by atoms with E-state index in [2.05, 4.69) is 35.4 Å². The van der Waals surface area contributed by atoms with Crippen LogP contribution in [0.1, 0.15) is 39.4 Å². The van der Waals surface area contributed by atoms with Crippen LogP contribution in [0.5, 0.6) is 0 Å². The van der Waals surface area contributed by atoms with E-state index in [0.717, 1.165) is 36.0 Å². The third kappa shape index (κ3) is 3.52. The first-order chi connectivity index (χ1) is 10.9. The molecule has 0 bridgehead atoms. The number of aromatic nitrogens is 2. The number of para-hydroxylation sites is 1. The van der Waals surface area contributed by atoms with Gasteiger partial charge in [0.05, 0.1) is 0 Å². The minimum Gasteiger partial charge on any atom is -0.348 e. The van der Waals surface area contributed by atoms with E-state index in [1.54, 1.807) is 0 Å². The Morgan fingerprint density at radius 3 is 2.65 bits per heavy atom. The van der Waals surface area contributed by atoms with E-state index in [1.807, 2.05) is 35.2 Å². The summed E-state index contributed by atoms with van der Waals surface area (Å²) in [6.45, 7) is 7.02. The van der Waals surface area contributed by atoms with Crippen molar-refractivity contribution in [3.05, 3.63) is 36.2 Å². The number of hydrogen-bond acceptors (Lipinski definition) is 5. The molecule has 0 spiro atoms. The zero-order valence-corrected chi connectivity index (χ0v) is 14.6. The molecule has 1 atom stereocenters. The molecule has 0 saturated carbocycles. The molecule has 23 heavy (non-hydrogen) atoms. The van der Waals surface area contributed by atoms with Gasteiger partial charge in [0.25, 0.3) is 0 Å². The Morgan fingerprint density at radius 1 is 1.26 bits per heavy atom. The van der Waals surface area contributed by atoms with Gasteiger partial charge < -0.3 is 10.2 Å². The molecule has 2 heterocycles. The molecular weight excluding hydrogens is 308 g/mol. The summed E-state index contributed by atoms with van der Waals surface area (Å²) in [5.74, 6) is 0.920. The number of carbonyl (C=O) groups is 1. The predicted octanol–water partition coefficient (Wildman–Crippen LogP) is 3.44. The van der Waals surface area contributed by atoms with Crippen LogP contribution in [0.2, 0.25) is 0 Å². The Balaban J connectivity index is 1.73. The summed E-state index contributed by atoms with van der Waals surface area (Å²) in [4.78, 5) is 19.1. The number of benzene rings is 1. The molecule has 3 rings (SSSR count). The van der Waals surface area contributed by atoms with Gasteiger partial charge in [0.15, 0.2) is 0 Å². The Labute approximate surface area is 140 Å². The van der Waals surface area contributed by atoms with E-state index in [9.17, 15) is 4.79 Å². The average Bonchev–Trinajstić information content (AvgIpc) is 2.99. The molecule has 6 heteroatoms. The first-order valence-corrected chi connectivity index (χ1v) is 8.69. The van der Waals surface area contributed by atoms with Crippen molar-refractivity contribution in [1.29, 1.82) is 0 Å². The number of rotatable bonds is 3. The number of amides is 1. The molecule has 1 aromatic heterocycles. The largest absolute Gasteiger partial charge is 0.348 e. The molecule has 1 amide bonds. The predicted molar refractivity (Wildman–Crippen MR) is 94.0 cm³/mol. The Kier molecular flexibility index (Phi) is 4.35. The highest BCUT2D eigenvalue weighted by Crippen LogP contribution is 2.26. The first kappa shape index (κ1) is 15.9. The van der Waals surface area contributed by atoms with Crippen LogP contribution < -0.4 is 10.2 Å². The highest BCUT2D eigenvalue weighted by Gasteiger charge is 2.30. The van der Waals surface area contributed by atoms with Gasteiger partial charge in [-0.25, -0.2) is 4.98 Å². The van der Waals surface area contributed by atoms with Crippen LogP contribution in [0.25, 0.3) is 0 Å². The lowest BCUT2D eigenvalue weighted by Crippen LogP contribution is -2.47. The Bertz CT molecular complexity index is 677. The van der Waals surface area contributed by atoms with E-state index < -0.39 is 0 Å². The zero-order valence-electron chi connectivity index (χ0n) is 13.7. The van der Waals surface area contributed by atoms with Crippen molar-refractivity contribution in [3.63, 3.8) is 0 Å². The van der Waals surface area contributed by atoms with Crippen LogP contribution in [0.4, 0.5) is 10.8 Å². The van der Waals surface area contributed by atoms with Gasteiger partial charge in [-0.05, 0) is 25.0 Å². The number of piperidine rings is 1. The van der Waals surface area contributed by atoms with Crippen molar-refractivity contribution < 1.29 is 4.79 Å². The fourth-order valence-corrected chi connectivity index (χ4v) is 3.42. The second-order valence-corrected chi connectivity index (χ2v) is 7.59. The van der Waals surface area contributed by atoms with Crippen LogP contribution in [-0.2, 0) is 10.2 Å². The minimum absolute atomic E-state index is 0.0803. The standard InChI is InChI=1S/C17H22N4OS/c1-17(2,3)15-19-16(23-20-15)18-13-10-7-11-21(14(13)22)12-8-5-4-6-9-12/h4-6,8-9,13H,7,10-11H2,1-3H3,(H,18,19,20). The second-order valence-electron chi connectivity index (χ2n) is 6.84. The number of carbonyl (C=O) groups excluding carboxylic acids is 1. The monoisotopic (exact) mass is 330 g/mol. The van der Waals surface area contributed by atoms with E-state index in [-0.39, 0.29) is 17.4 Å². The van der Waals surface area contributed by atoms with E-state index in [0.29, 0.717) is 0 Å². The third-order valence-electron chi connectivity index (χ3n) is 3.90. The lowest BCUT2D eigenvalue weighted by molar-refractivity contribution is -0.120. The van der Waals surface area contributed by atoms with Gasteiger partial charge in [0.1, 0.15) is 11.9 Å². The Morgan fingerprint density at radius 2 is 2.00 bits per heavy atom. The Hall–Kier alpha value is -1.95. The lowest BCUT2D eigenvalue weighted by Gasteiger charge is -2.32. The van der Waals surface area contributed by atoms with Crippen molar-refractivity contribution in [3.8, 4) is 0 Å². The zero-order chi connectivity index (χ0) is 16.4. The molecule has 1 aliphatic heterocycles. The summed E-state index contributed by atoms with van der Waals surface area (Å²) in [5.41, 5.74) is 0.875. The summed E-state index contributed by atoms with van der Waals surface area (Å²) >= 11 is 1.33. The highest BCUT2D eigenvalue weighted by atomic mass is 32.1. The average molecular weight is 330 g/mol. The van der Waals surface area contributed by atoms with Gasteiger partial charge in [0.2, 0.25) is 11.0 Å². The fraction of sp³-hybridized carbons (Fsp3) is 0.471. The lowest BCUT2D eigenvalue weighted by atomic mass is 9.96.